The number of aliphatic hydroxyl groups is 1. The molecule has 0 radical (unpaired) electrons. The van der Waals surface area contributed by atoms with Gasteiger partial charge in [-0.2, -0.15) is 0 Å². The second-order valence-corrected chi connectivity index (χ2v) is 3.98. The van der Waals surface area contributed by atoms with Crippen LogP contribution in [0.3, 0.4) is 0 Å². The molecule has 0 amide bonds. The molecule has 100 valence electrons. The Morgan fingerprint density at radius 1 is 1.44 bits per heavy atom. The van der Waals surface area contributed by atoms with Crippen LogP contribution in [0, 0.1) is 0 Å². The Morgan fingerprint density at radius 2 is 2.17 bits per heavy atom. The van der Waals surface area contributed by atoms with E-state index in [1.54, 1.807) is 18.2 Å². The van der Waals surface area contributed by atoms with Crippen molar-refractivity contribution in [1.29, 1.82) is 0 Å². The summed E-state index contributed by atoms with van der Waals surface area (Å²) in [5, 5.41) is 9.08. The zero-order chi connectivity index (χ0) is 13.5. The van der Waals surface area contributed by atoms with E-state index in [-0.39, 0.29) is 6.61 Å². The fraction of sp³-hybridized carbons (Fsp3) is 0.462. The number of carbonyl (C=O) groups excluding carboxylic acids is 1. The van der Waals surface area contributed by atoms with Gasteiger partial charge >= 0.3 is 5.97 Å². The fourth-order valence-electron chi connectivity index (χ4n) is 1.85. The van der Waals surface area contributed by atoms with Gasteiger partial charge in [0.25, 0.3) is 0 Å². The Labute approximate surface area is 107 Å². The highest BCUT2D eigenvalue weighted by Gasteiger charge is 2.16. The van der Waals surface area contributed by atoms with Gasteiger partial charge in [0.15, 0.2) is 0 Å². The van der Waals surface area contributed by atoms with Crippen molar-refractivity contribution in [2.75, 3.05) is 37.4 Å². The second-order valence-electron chi connectivity index (χ2n) is 3.98. The minimum absolute atomic E-state index is 0.0327. The van der Waals surface area contributed by atoms with Crippen LogP contribution in [-0.4, -0.2) is 37.9 Å². The van der Waals surface area contributed by atoms with E-state index in [0.29, 0.717) is 17.8 Å². The summed E-state index contributed by atoms with van der Waals surface area (Å²) in [6.07, 6.45) is 0.922. The molecule has 0 aliphatic heterocycles. The van der Waals surface area contributed by atoms with Gasteiger partial charge in [0, 0.05) is 18.8 Å². The lowest BCUT2D eigenvalue weighted by molar-refractivity contribution is 0.0601. The molecule has 1 aromatic rings. The van der Waals surface area contributed by atoms with Gasteiger partial charge in [-0.05, 0) is 24.6 Å². The molecule has 0 spiro atoms. The van der Waals surface area contributed by atoms with Crippen molar-refractivity contribution in [3.63, 3.8) is 0 Å². The van der Waals surface area contributed by atoms with Crippen molar-refractivity contribution in [2.24, 2.45) is 0 Å². The third-order valence-electron chi connectivity index (χ3n) is 2.63. The number of nitrogens with zero attached hydrogens (tertiary/aromatic N) is 1. The third kappa shape index (κ3) is 3.37. The number of anilines is 2. The van der Waals surface area contributed by atoms with Gasteiger partial charge in [-0.25, -0.2) is 4.79 Å². The van der Waals surface area contributed by atoms with Crippen LogP contribution in [0.15, 0.2) is 18.2 Å². The number of ether oxygens (including phenoxy) is 1. The molecule has 5 heteroatoms. The molecule has 0 aliphatic carbocycles. The molecule has 0 aromatic heterocycles. The number of nitrogen functional groups attached to an aromatic ring is 1. The molecule has 0 heterocycles. The highest BCUT2D eigenvalue weighted by atomic mass is 16.5. The van der Waals surface area contributed by atoms with Crippen molar-refractivity contribution in [2.45, 2.75) is 13.3 Å². The van der Waals surface area contributed by atoms with E-state index in [9.17, 15) is 4.79 Å². The van der Waals surface area contributed by atoms with Crippen LogP contribution in [0.1, 0.15) is 23.7 Å². The second kappa shape index (κ2) is 6.86. The van der Waals surface area contributed by atoms with Crippen molar-refractivity contribution in [3.8, 4) is 0 Å². The van der Waals surface area contributed by atoms with Gasteiger partial charge in [0.05, 0.1) is 25.0 Å². The Hall–Kier alpha value is -1.75. The molecular formula is C13H20N2O3. The number of carbonyl (C=O) groups is 1. The van der Waals surface area contributed by atoms with E-state index in [1.165, 1.54) is 7.11 Å². The molecule has 0 atom stereocenters. The third-order valence-corrected chi connectivity index (χ3v) is 2.63. The standard InChI is InChI=1S/C13H20N2O3/c1-3-6-15(7-8-16)12-5-4-10(14)9-11(12)13(17)18-2/h4-5,9,16H,3,6-8,14H2,1-2H3. The highest BCUT2D eigenvalue weighted by molar-refractivity contribution is 5.96. The average molecular weight is 252 g/mol. The van der Waals surface area contributed by atoms with Gasteiger partial charge in [0.2, 0.25) is 0 Å². The number of hydrogen-bond acceptors (Lipinski definition) is 5. The van der Waals surface area contributed by atoms with Crippen LogP contribution in [0.25, 0.3) is 0 Å². The quantitative estimate of drug-likeness (QED) is 0.589. The van der Waals surface area contributed by atoms with Crippen LogP contribution >= 0.6 is 0 Å². The summed E-state index contributed by atoms with van der Waals surface area (Å²) < 4.78 is 4.75. The maximum absolute atomic E-state index is 11.7. The molecule has 0 saturated heterocycles. The first-order valence-corrected chi connectivity index (χ1v) is 5.97. The van der Waals surface area contributed by atoms with Gasteiger partial charge in [-0.1, -0.05) is 6.92 Å². The minimum atomic E-state index is -0.420. The predicted octanol–water partition coefficient (Wildman–Crippen LogP) is 1.26. The van der Waals surface area contributed by atoms with Crippen molar-refractivity contribution >= 4 is 17.3 Å². The summed E-state index contributed by atoms with van der Waals surface area (Å²) in [6, 6.07) is 5.12. The number of methoxy groups -OCH3 is 1. The van der Waals surface area contributed by atoms with Crippen LogP contribution < -0.4 is 10.6 Å². The number of esters is 1. The van der Waals surface area contributed by atoms with Crippen molar-refractivity contribution in [3.05, 3.63) is 23.8 Å². The SMILES string of the molecule is CCCN(CCO)c1ccc(N)cc1C(=O)OC. The lowest BCUT2D eigenvalue weighted by Crippen LogP contribution is -2.29. The molecular weight excluding hydrogens is 232 g/mol. The molecule has 0 fully saturated rings. The van der Waals surface area contributed by atoms with Crippen LogP contribution in [0.5, 0.6) is 0 Å². The molecule has 0 saturated carbocycles. The molecule has 1 rings (SSSR count). The Bertz CT molecular complexity index is 401. The van der Waals surface area contributed by atoms with Gasteiger partial charge in [-0.15, -0.1) is 0 Å². The first-order chi connectivity index (χ1) is 8.63. The normalized spacial score (nSPS) is 10.2. The largest absolute Gasteiger partial charge is 0.465 e. The first kappa shape index (κ1) is 14.3. The summed E-state index contributed by atoms with van der Waals surface area (Å²) in [6.45, 7) is 3.31. The molecule has 0 unspecified atom stereocenters. The van der Waals surface area contributed by atoms with Gasteiger partial charge < -0.3 is 20.5 Å². The van der Waals surface area contributed by atoms with Crippen molar-refractivity contribution < 1.29 is 14.6 Å². The molecule has 0 bridgehead atoms. The lowest BCUT2D eigenvalue weighted by atomic mass is 10.1. The van der Waals surface area contributed by atoms with Gasteiger partial charge in [0.1, 0.15) is 0 Å². The summed E-state index contributed by atoms with van der Waals surface area (Å²) in [7, 11) is 1.34. The zero-order valence-electron chi connectivity index (χ0n) is 10.8. The van der Waals surface area contributed by atoms with Gasteiger partial charge in [-0.3, -0.25) is 0 Å². The summed E-state index contributed by atoms with van der Waals surface area (Å²) >= 11 is 0. The summed E-state index contributed by atoms with van der Waals surface area (Å²) in [5.41, 5.74) is 7.38. The Morgan fingerprint density at radius 3 is 2.72 bits per heavy atom. The van der Waals surface area contributed by atoms with E-state index < -0.39 is 5.97 Å². The first-order valence-electron chi connectivity index (χ1n) is 5.97. The molecule has 5 nitrogen and oxygen atoms in total. The number of nitrogens with two attached hydrogens (primary N) is 1. The number of hydrogen-bond donors (Lipinski definition) is 2. The minimum Gasteiger partial charge on any atom is -0.465 e. The number of aliphatic hydroxyl groups excluding tert-OH is 1. The number of benzene rings is 1. The van der Waals surface area contributed by atoms with E-state index in [0.717, 1.165) is 18.7 Å². The van der Waals surface area contributed by atoms with E-state index >= 15 is 0 Å². The average Bonchev–Trinajstić information content (AvgIpc) is 2.37. The van der Waals surface area contributed by atoms with Crippen molar-refractivity contribution in [1.82, 2.24) is 0 Å². The number of rotatable bonds is 6. The smallest absolute Gasteiger partial charge is 0.340 e. The maximum atomic E-state index is 11.7. The summed E-state index contributed by atoms with van der Waals surface area (Å²) in [4.78, 5) is 13.7. The van der Waals surface area contributed by atoms with E-state index in [1.807, 2.05) is 11.8 Å². The fourth-order valence-corrected chi connectivity index (χ4v) is 1.85. The highest BCUT2D eigenvalue weighted by Crippen LogP contribution is 2.24. The molecule has 3 N–H and O–H groups in total. The molecule has 1 aromatic carbocycles. The molecule has 18 heavy (non-hydrogen) atoms. The van der Waals surface area contributed by atoms with E-state index in [4.69, 9.17) is 15.6 Å². The predicted molar refractivity (Wildman–Crippen MR) is 71.8 cm³/mol. The lowest BCUT2D eigenvalue weighted by Gasteiger charge is -2.25. The topological polar surface area (TPSA) is 75.8 Å². The maximum Gasteiger partial charge on any atom is 0.340 e. The van der Waals surface area contributed by atoms with Crippen LogP contribution in [0.4, 0.5) is 11.4 Å². The Kier molecular flexibility index (Phi) is 5.45. The van der Waals surface area contributed by atoms with Crippen LogP contribution in [-0.2, 0) is 4.74 Å². The molecule has 0 aliphatic rings. The van der Waals surface area contributed by atoms with Crippen LogP contribution in [0.2, 0.25) is 0 Å². The Balaban J connectivity index is 3.15. The zero-order valence-corrected chi connectivity index (χ0v) is 10.8. The monoisotopic (exact) mass is 252 g/mol. The van der Waals surface area contributed by atoms with E-state index in [2.05, 4.69) is 0 Å². The summed E-state index contributed by atoms with van der Waals surface area (Å²) in [5.74, 6) is -0.420.